The number of rotatable bonds is 4. The van der Waals surface area contributed by atoms with Crippen molar-refractivity contribution in [2.75, 3.05) is 0 Å². The van der Waals surface area contributed by atoms with E-state index in [1.165, 1.54) is 0 Å². The summed E-state index contributed by atoms with van der Waals surface area (Å²) in [6, 6.07) is 0. The lowest BCUT2D eigenvalue weighted by atomic mass is 10.0. The van der Waals surface area contributed by atoms with Crippen LogP contribution in [0.5, 0.6) is 0 Å². The van der Waals surface area contributed by atoms with Crippen molar-refractivity contribution in [1.29, 1.82) is 0 Å². The van der Waals surface area contributed by atoms with Crippen LogP contribution in [0.15, 0.2) is 0 Å². The fraction of sp³-hybridized carbons (Fsp3) is 1.00. The van der Waals surface area contributed by atoms with Crippen molar-refractivity contribution < 1.29 is 52.5 Å². The molecule has 1 atom stereocenters. The molecule has 0 aromatic rings. The molecule has 0 aliphatic heterocycles. The highest BCUT2D eigenvalue weighted by Crippen LogP contribution is 2.54. The van der Waals surface area contributed by atoms with Crippen LogP contribution in [0.3, 0.4) is 0 Å². The van der Waals surface area contributed by atoms with E-state index < -0.39 is 39.3 Å². The molecule has 0 heterocycles. The topological polar surface area (TPSA) is 54.4 Å². The van der Waals surface area contributed by atoms with Crippen LogP contribution in [0.25, 0.3) is 0 Å². The molecule has 0 aromatic carbocycles. The third-order valence-electron chi connectivity index (χ3n) is 2.13. The minimum atomic E-state index is -7.19. The van der Waals surface area contributed by atoms with Gasteiger partial charge in [0.05, 0.1) is 0 Å². The van der Waals surface area contributed by atoms with E-state index in [0.717, 1.165) is 0 Å². The van der Waals surface area contributed by atoms with Crippen LogP contribution >= 0.6 is 0 Å². The zero-order valence-corrected chi connectivity index (χ0v) is 9.47. The summed E-state index contributed by atoms with van der Waals surface area (Å²) in [7, 11) is -5.98. The van der Waals surface area contributed by atoms with Gasteiger partial charge in [0.25, 0.3) is 10.1 Å². The second-order valence-electron chi connectivity index (χ2n) is 3.43. The van der Waals surface area contributed by atoms with E-state index in [1.54, 1.807) is 0 Å². The predicted octanol–water partition coefficient (Wildman–Crippen LogP) is 2.73. The van der Waals surface area contributed by atoms with E-state index in [2.05, 4.69) is 0 Å². The summed E-state index contributed by atoms with van der Waals surface area (Å²) >= 11 is 0. The van der Waals surface area contributed by atoms with Crippen molar-refractivity contribution in [2.45, 2.75) is 36.1 Å². The Balaban J connectivity index is 5.92. The maximum Gasteiger partial charge on any atom is 0.460 e. The van der Waals surface area contributed by atoms with E-state index in [-0.39, 0.29) is 6.92 Å². The van der Waals surface area contributed by atoms with Crippen LogP contribution in [0, 0.1) is 0 Å². The lowest BCUT2D eigenvalue weighted by Crippen LogP contribution is -2.64. The molecule has 116 valence electrons. The number of halogens is 9. The standard InChI is InChI=1S/C6H5F9O3S/c1-2(19(16,17)18)3(7,8)4(9,10)5(11,12)6(13,14)15/h2H,1H3,(H,16,17,18). The predicted molar refractivity (Wildman–Crippen MR) is 41.9 cm³/mol. The largest absolute Gasteiger partial charge is 0.460 e. The zero-order chi connectivity index (χ0) is 16.1. The molecule has 0 aliphatic carbocycles. The van der Waals surface area contributed by atoms with Crippen molar-refractivity contribution in [3.05, 3.63) is 0 Å². The molecular formula is C6H5F9O3S. The zero-order valence-electron chi connectivity index (χ0n) is 8.65. The molecule has 0 aromatic heterocycles. The number of hydrogen-bond acceptors (Lipinski definition) is 2. The Bertz CT molecular complexity index is 437. The Morgan fingerprint density at radius 2 is 1.16 bits per heavy atom. The molecule has 13 heteroatoms. The van der Waals surface area contributed by atoms with Crippen molar-refractivity contribution in [3.63, 3.8) is 0 Å². The summed E-state index contributed by atoms with van der Waals surface area (Å²) < 4.78 is 139. The van der Waals surface area contributed by atoms with Gasteiger partial charge in [-0.3, -0.25) is 4.55 Å². The molecule has 0 fully saturated rings. The second-order valence-corrected chi connectivity index (χ2v) is 5.16. The van der Waals surface area contributed by atoms with Crippen LogP contribution in [0.1, 0.15) is 6.92 Å². The highest BCUT2D eigenvalue weighted by molar-refractivity contribution is 7.86. The first-order valence-electron chi connectivity index (χ1n) is 4.07. The van der Waals surface area contributed by atoms with E-state index in [9.17, 15) is 47.9 Å². The average Bonchev–Trinajstić information content (AvgIpc) is 2.12. The SMILES string of the molecule is CC(C(F)(F)C(F)(F)C(F)(F)C(F)(F)F)S(=O)(=O)O. The molecule has 0 saturated carbocycles. The van der Waals surface area contributed by atoms with E-state index in [4.69, 9.17) is 4.55 Å². The van der Waals surface area contributed by atoms with Crippen LogP contribution in [0.2, 0.25) is 0 Å². The smallest absolute Gasteiger partial charge is 0.285 e. The van der Waals surface area contributed by atoms with Crippen molar-refractivity contribution >= 4 is 10.1 Å². The summed E-state index contributed by atoms with van der Waals surface area (Å²) in [5.41, 5.74) is 0. The van der Waals surface area contributed by atoms with Gasteiger partial charge in [-0.1, -0.05) is 0 Å². The van der Waals surface area contributed by atoms with Crippen LogP contribution in [-0.4, -0.2) is 42.2 Å². The molecular weight excluding hydrogens is 323 g/mol. The third kappa shape index (κ3) is 2.75. The first-order chi connectivity index (χ1) is 7.90. The maximum absolute atomic E-state index is 12.8. The fourth-order valence-electron chi connectivity index (χ4n) is 0.830. The normalized spacial score (nSPS) is 17.4. The van der Waals surface area contributed by atoms with Gasteiger partial charge >= 0.3 is 23.9 Å². The van der Waals surface area contributed by atoms with Gasteiger partial charge in [0.2, 0.25) is 0 Å². The minimum Gasteiger partial charge on any atom is -0.285 e. The van der Waals surface area contributed by atoms with E-state index in [1.807, 2.05) is 0 Å². The molecule has 0 radical (unpaired) electrons. The number of alkyl halides is 9. The molecule has 0 bridgehead atoms. The first-order valence-corrected chi connectivity index (χ1v) is 5.57. The van der Waals surface area contributed by atoms with E-state index >= 15 is 0 Å². The summed E-state index contributed by atoms with van der Waals surface area (Å²) in [4.78, 5) is 0. The first kappa shape index (κ1) is 18.3. The second kappa shape index (κ2) is 4.40. The van der Waals surface area contributed by atoms with E-state index in [0.29, 0.717) is 0 Å². The lowest BCUT2D eigenvalue weighted by molar-refractivity contribution is -0.395. The van der Waals surface area contributed by atoms with Gasteiger partial charge in [0.1, 0.15) is 0 Å². The van der Waals surface area contributed by atoms with Crippen molar-refractivity contribution in [1.82, 2.24) is 0 Å². The Labute approximate surface area is 99.7 Å². The number of hydrogen-bond donors (Lipinski definition) is 1. The quantitative estimate of drug-likeness (QED) is 0.638. The van der Waals surface area contributed by atoms with Crippen LogP contribution in [-0.2, 0) is 10.1 Å². The molecule has 0 rings (SSSR count). The van der Waals surface area contributed by atoms with Crippen molar-refractivity contribution in [3.8, 4) is 0 Å². The van der Waals surface area contributed by atoms with Crippen LogP contribution < -0.4 is 0 Å². The summed E-state index contributed by atoms with van der Waals surface area (Å²) in [5, 5.41) is -3.87. The minimum absolute atomic E-state index is 0.338. The Morgan fingerprint density at radius 1 is 0.842 bits per heavy atom. The third-order valence-corrected chi connectivity index (χ3v) is 3.32. The molecule has 1 unspecified atom stereocenters. The van der Waals surface area contributed by atoms with Gasteiger partial charge in [-0.05, 0) is 6.92 Å². The highest BCUT2D eigenvalue weighted by Gasteiger charge is 2.83. The highest BCUT2D eigenvalue weighted by atomic mass is 32.2. The monoisotopic (exact) mass is 328 g/mol. The Morgan fingerprint density at radius 3 is 1.37 bits per heavy atom. The molecule has 0 spiro atoms. The van der Waals surface area contributed by atoms with Gasteiger partial charge < -0.3 is 0 Å². The summed E-state index contributed by atoms with van der Waals surface area (Å²) in [6.45, 7) is -0.338. The van der Waals surface area contributed by atoms with Gasteiger partial charge in [-0.25, -0.2) is 0 Å². The van der Waals surface area contributed by atoms with Crippen LogP contribution in [0.4, 0.5) is 39.5 Å². The molecule has 1 N–H and O–H groups in total. The summed E-state index contributed by atoms with van der Waals surface area (Å²) in [5.74, 6) is -20.6. The molecule has 0 aliphatic rings. The van der Waals surface area contributed by atoms with Gasteiger partial charge in [0, 0.05) is 0 Å². The van der Waals surface area contributed by atoms with Gasteiger partial charge in [0.15, 0.2) is 5.25 Å². The average molecular weight is 328 g/mol. The van der Waals surface area contributed by atoms with Gasteiger partial charge in [-0.15, -0.1) is 0 Å². The maximum atomic E-state index is 12.8. The lowest BCUT2D eigenvalue weighted by Gasteiger charge is -2.35. The Kier molecular flexibility index (Phi) is 4.23. The molecule has 3 nitrogen and oxygen atoms in total. The van der Waals surface area contributed by atoms with Crippen molar-refractivity contribution in [2.24, 2.45) is 0 Å². The molecule has 0 saturated heterocycles. The fourth-order valence-corrected chi connectivity index (χ4v) is 1.35. The summed E-state index contributed by atoms with van der Waals surface area (Å²) in [6.07, 6.45) is -7.04. The molecule has 0 amide bonds. The van der Waals surface area contributed by atoms with Gasteiger partial charge in [-0.2, -0.15) is 47.9 Å². The Hall–Kier alpha value is -0.720. The molecule has 19 heavy (non-hydrogen) atoms.